The Morgan fingerprint density at radius 1 is 1.20 bits per heavy atom. The van der Waals surface area contributed by atoms with E-state index in [0.29, 0.717) is 33.4 Å². The Morgan fingerprint density at radius 3 is 2.82 bits per heavy atom. The summed E-state index contributed by atoms with van der Waals surface area (Å²) in [7, 11) is 1.18. The summed E-state index contributed by atoms with van der Waals surface area (Å²) in [5.41, 5.74) is 2.01. The van der Waals surface area contributed by atoms with Crippen LogP contribution in [0, 0.1) is 0 Å². The Labute approximate surface area is 254 Å². The molecule has 1 aliphatic heterocycles. The molecule has 5 rings (SSSR count). The van der Waals surface area contributed by atoms with E-state index in [1.807, 2.05) is 0 Å². The van der Waals surface area contributed by atoms with E-state index in [4.69, 9.17) is 11.6 Å². The second-order valence-electron chi connectivity index (χ2n) is 9.80. The molecule has 13 nitrogen and oxygen atoms in total. The van der Waals surface area contributed by atoms with Crippen molar-refractivity contribution in [2.45, 2.75) is 37.6 Å². The fourth-order valence-electron chi connectivity index (χ4n) is 4.60. The zero-order valence-corrected chi connectivity index (χ0v) is 23.9. The van der Waals surface area contributed by atoms with Gasteiger partial charge in [-0.3, -0.25) is 14.9 Å². The van der Waals surface area contributed by atoms with Crippen LogP contribution in [0.2, 0.25) is 5.02 Å². The van der Waals surface area contributed by atoms with E-state index in [1.165, 1.54) is 48.6 Å². The lowest BCUT2D eigenvalue weighted by Crippen LogP contribution is -2.34. The SMILES string of the molecule is COC(=O)Nc1ccc2c(c1)NC(=O)C(F)(F)CCCC[C@H](NC(=O)/C=C/c1cc(Cl)ccc1-n1cnnn1)c1nc-2c[nH]1. The molecule has 3 heterocycles. The average Bonchev–Trinajstić information content (AvgIpc) is 3.71. The number of benzene rings is 2. The first-order valence-electron chi connectivity index (χ1n) is 13.4. The number of nitrogens with zero attached hydrogens (tertiary/aromatic N) is 5. The number of carbonyl (C=O) groups excluding carboxylic acids is 3. The summed E-state index contributed by atoms with van der Waals surface area (Å²) in [6.07, 6.45) is 4.88. The minimum atomic E-state index is -3.66. The number of methoxy groups -OCH3 is 1. The number of imidazole rings is 1. The number of hydrogen-bond acceptors (Lipinski definition) is 8. The third-order valence-corrected chi connectivity index (χ3v) is 7.02. The first-order valence-corrected chi connectivity index (χ1v) is 13.8. The summed E-state index contributed by atoms with van der Waals surface area (Å²) in [5.74, 6) is -5.23. The van der Waals surface area contributed by atoms with Crippen molar-refractivity contribution < 1.29 is 27.9 Å². The van der Waals surface area contributed by atoms with E-state index in [2.05, 4.69) is 46.2 Å². The number of tetrazole rings is 1. The quantitative estimate of drug-likeness (QED) is 0.227. The number of carbonyl (C=O) groups is 3. The fourth-order valence-corrected chi connectivity index (χ4v) is 4.78. The summed E-state index contributed by atoms with van der Waals surface area (Å²) in [6, 6.07) is 8.71. The van der Waals surface area contributed by atoms with Crippen LogP contribution in [0.5, 0.6) is 0 Å². The molecule has 16 heteroatoms. The number of H-pyrrole nitrogens is 1. The van der Waals surface area contributed by atoms with Crippen LogP contribution < -0.4 is 16.0 Å². The number of amides is 3. The minimum absolute atomic E-state index is 0.00398. The van der Waals surface area contributed by atoms with Crippen LogP contribution >= 0.6 is 11.6 Å². The maximum absolute atomic E-state index is 14.8. The Kier molecular flexibility index (Phi) is 8.94. The van der Waals surface area contributed by atoms with Crippen LogP contribution in [0.4, 0.5) is 25.0 Å². The highest BCUT2D eigenvalue weighted by molar-refractivity contribution is 6.30. The maximum atomic E-state index is 14.8. The normalized spacial score (nSPS) is 16.5. The van der Waals surface area contributed by atoms with Crippen molar-refractivity contribution in [3.05, 3.63) is 71.4 Å². The highest BCUT2D eigenvalue weighted by Gasteiger charge is 2.38. The molecular weight excluding hydrogens is 600 g/mol. The van der Waals surface area contributed by atoms with Crippen molar-refractivity contribution in [2.75, 3.05) is 17.7 Å². The van der Waals surface area contributed by atoms with E-state index in [9.17, 15) is 23.2 Å². The lowest BCUT2D eigenvalue weighted by molar-refractivity contribution is -0.140. The average molecular weight is 626 g/mol. The molecule has 1 aliphatic rings. The molecular formula is C28H26ClF2N9O4. The second kappa shape index (κ2) is 13.0. The van der Waals surface area contributed by atoms with E-state index < -0.39 is 36.3 Å². The summed E-state index contributed by atoms with van der Waals surface area (Å²) >= 11 is 6.17. The van der Waals surface area contributed by atoms with Crippen LogP contribution in [0.1, 0.15) is 43.1 Å². The summed E-state index contributed by atoms with van der Waals surface area (Å²) in [5, 5.41) is 19.2. The fraction of sp³-hybridized carbons (Fsp3) is 0.250. The van der Waals surface area contributed by atoms with E-state index >= 15 is 0 Å². The van der Waals surface area contributed by atoms with Gasteiger partial charge in [-0.1, -0.05) is 18.0 Å². The van der Waals surface area contributed by atoms with Crippen molar-refractivity contribution in [3.63, 3.8) is 0 Å². The monoisotopic (exact) mass is 625 g/mol. The van der Waals surface area contributed by atoms with Crippen molar-refractivity contribution in [1.29, 1.82) is 0 Å². The highest BCUT2D eigenvalue weighted by atomic mass is 35.5. The molecule has 2 aromatic heterocycles. The third-order valence-electron chi connectivity index (χ3n) is 6.79. The lowest BCUT2D eigenvalue weighted by atomic mass is 10.0. The van der Waals surface area contributed by atoms with Gasteiger partial charge < -0.3 is 20.4 Å². The van der Waals surface area contributed by atoms with Gasteiger partial charge in [-0.25, -0.2) is 9.78 Å². The van der Waals surface area contributed by atoms with Gasteiger partial charge in [0, 0.05) is 40.5 Å². The molecule has 2 bridgehead atoms. The van der Waals surface area contributed by atoms with E-state index in [1.54, 1.807) is 24.3 Å². The van der Waals surface area contributed by atoms with Crippen molar-refractivity contribution in [1.82, 2.24) is 35.5 Å². The molecule has 0 saturated carbocycles. The van der Waals surface area contributed by atoms with Crippen LogP contribution in [-0.2, 0) is 14.3 Å². The molecule has 0 radical (unpaired) electrons. The number of ether oxygens (including phenoxy) is 1. The zero-order valence-electron chi connectivity index (χ0n) is 23.2. The van der Waals surface area contributed by atoms with Gasteiger partial charge in [-0.2, -0.15) is 13.5 Å². The molecule has 4 N–H and O–H groups in total. The van der Waals surface area contributed by atoms with Crippen LogP contribution in [0.3, 0.4) is 0 Å². The Hall–Kier alpha value is -5.18. The Morgan fingerprint density at radius 2 is 2.05 bits per heavy atom. The molecule has 3 amide bonds. The van der Waals surface area contributed by atoms with Gasteiger partial charge in [0.15, 0.2) is 0 Å². The van der Waals surface area contributed by atoms with Gasteiger partial charge in [0.05, 0.1) is 30.2 Å². The summed E-state index contributed by atoms with van der Waals surface area (Å²) in [6.45, 7) is 0. The molecule has 2 aromatic carbocycles. The number of alkyl halides is 2. The second-order valence-corrected chi connectivity index (χ2v) is 10.2. The number of fused-ring (bicyclic) bond motifs is 4. The van der Waals surface area contributed by atoms with Gasteiger partial charge in [0.25, 0.3) is 5.91 Å². The molecule has 0 saturated heterocycles. The number of rotatable bonds is 5. The maximum Gasteiger partial charge on any atom is 0.411 e. The predicted octanol–water partition coefficient (Wildman–Crippen LogP) is 4.90. The predicted molar refractivity (Wildman–Crippen MR) is 156 cm³/mol. The standard InChI is InChI=1S/C28H26ClF2N9O4/c1-44-27(43)34-18-7-8-19-21(13-18)37-26(42)28(30,31)11-3-2-4-20(25-32-14-22(19)36-25)35-24(41)10-5-16-12-17(29)6-9-23(16)40-15-33-38-39-40/h5-10,12-15,20H,2-4,11H2,1H3,(H,32,36)(H,34,43)(H,35,41)(H,37,42)/b10-5+/t20-/m0/s1. The van der Waals surface area contributed by atoms with Crippen LogP contribution in [0.15, 0.2) is 55.0 Å². The summed E-state index contributed by atoms with van der Waals surface area (Å²) in [4.78, 5) is 45.0. The first kappa shape index (κ1) is 30.3. The van der Waals surface area contributed by atoms with Gasteiger partial charge in [0.1, 0.15) is 12.2 Å². The first-order chi connectivity index (χ1) is 21.1. The van der Waals surface area contributed by atoms with Gasteiger partial charge >= 0.3 is 12.0 Å². The number of aromatic amines is 1. The van der Waals surface area contributed by atoms with E-state index in [0.717, 1.165) is 0 Å². The molecule has 0 aliphatic carbocycles. The van der Waals surface area contributed by atoms with Crippen LogP contribution in [0.25, 0.3) is 23.0 Å². The molecule has 0 spiro atoms. The molecule has 228 valence electrons. The molecule has 0 unspecified atom stereocenters. The Balaban J connectivity index is 1.42. The zero-order chi connectivity index (χ0) is 31.3. The Bertz CT molecular complexity index is 1710. The number of anilines is 2. The van der Waals surface area contributed by atoms with Crippen molar-refractivity contribution in [2.24, 2.45) is 0 Å². The van der Waals surface area contributed by atoms with E-state index in [-0.39, 0.29) is 30.6 Å². The largest absolute Gasteiger partial charge is 0.453 e. The molecule has 4 aromatic rings. The molecule has 1 atom stereocenters. The molecule has 44 heavy (non-hydrogen) atoms. The number of aromatic nitrogens is 6. The number of nitrogens with one attached hydrogen (secondary N) is 4. The number of hydrogen-bond donors (Lipinski definition) is 4. The summed E-state index contributed by atoms with van der Waals surface area (Å²) < 4.78 is 35.6. The third kappa shape index (κ3) is 7.06. The molecule has 0 fully saturated rings. The van der Waals surface area contributed by atoms with Crippen LogP contribution in [-0.4, -0.2) is 61.1 Å². The van der Waals surface area contributed by atoms with Crippen molar-refractivity contribution >= 4 is 47.0 Å². The lowest BCUT2D eigenvalue weighted by Gasteiger charge is -2.18. The van der Waals surface area contributed by atoms with Crippen molar-refractivity contribution in [3.8, 4) is 16.9 Å². The number of halogens is 3. The van der Waals surface area contributed by atoms with Gasteiger partial charge in [0.2, 0.25) is 5.91 Å². The smallest absolute Gasteiger partial charge is 0.411 e. The minimum Gasteiger partial charge on any atom is -0.453 e. The highest BCUT2D eigenvalue weighted by Crippen LogP contribution is 2.34. The van der Waals surface area contributed by atoms with Gasteiger partial charge in [-0.15, -0.1) is 5.10 Å². The van der Waals surface area contributed by atoms with Gasteiger partial charge in [-0.05, 0) is 65.7 Å². The topological polar surface area (TPSA) is 169 Å².